The lowest BCUT2D eigenvalue weighted by atomic mass is 10.2. The molecule has 7 heteroatoms. The minimum atomic E-state index is -0.944. The number of furan rings is 1. The molecule has 0 spiro atoms. The maximum atomic E-state index is 12.2. The monoisotopic (exact) mass is 347 g/mol. The largest absolute Gasteiger partial charge is 0.493 e. The number of esters is 1. The Morgan fingerprint density at radius 2 is 2.04 bits per heavy atom. The molecule has 1 atom stereocenters. The second-order valence-electron chi connectivity index (χ2n) is 5.14. The van der Waals surface area contributed by atoms with Crippen LogP contribution < -0.4 is 14.8 Å². The topological polar surface area (TPSA) is 87.0 Å². The first-order valence-electron chi connectivity index (χ1n) is 7.87. The van der Waals surface area contributed by atoms with Gasteiger partial charge in [-0.15, -0.1) is 0 Å². The lowest BCUT2D eigenvalue weighted by molar-refractivity contribution is -0.129. The number of carbonyl (C=O) groups excluding carboxylic acids is 2. The maximum absolute atomic E-state index is 12.2. The van der Waals surface area contributed by atoms with Gasteiger partial charge in [-0.1, -0.05) is 0 Å². The van der Waals surface area contributed by atoms with E-state index in [1.807, 2.05) is 6.92 Å². The van der Waals surface area contributed by atoms with Crippen LogP contribution in [0.15, 0.2) is 41.0 Å². The van der Waals surface area contributed by atoms with Crippen molar-refractivity contribution in [1.29, 1.82) is 0 Å². The molecule has 2 rings (SSSR count). The highest BCUT2D eigenvalue weighted by Crippen LogP contribution is 2.28. The third-order valence-corrected chi connectivity index (χ3v) is 3.37. The van der Waals surface area contributed by atoms with Crippen LogP contribution in [-0.4, -0.2) is 31.7 Å². The summed E-state index contributed by atoms with van der Waals surface area (Å²) in [6.45, 7) is 4.06. The van der Waals surface area contributed by atoms with Crippen LogP contribution in [0, 0.1) is 0 Å². The van der Waals surface area contributed by atoms with E-state index < -0.39 is 18.0 Å². The molecule has 7 nitrogen and oxygen atoms in total. The van der Waals surface area contributed by atoms with E-state index >= 15 is 0 Å². The predicted molar refractivity (Wildman–Crippen MR) is 89.6 cm³/mol. The first kappa shape index (κ1) is 18.4. The summed E-state index contributed by atoms with van der Waals surface area (Å²) in [5, 5.41) is 2.64. The lowest BCUT2D eigenvalue weighted by Gasteiger charge is -2.14. The molecule has 0 saturated carbocycles. The highest BCUT2D eigenvalue weighted by atomic mass is 16.5. The zero-order valence-corrected chi connectivity index (χ0v) is 14.4. The van der Waals surface area contributed by atoms with Gasteiger partial charge in [0.25, 0.3) is 5.91 Å². The Hall–Kier alpha value is -2.96. The maximum Gasteiger partial charge on any atom is 0.339 e. The molecule has 0 fully saturated rings. The minimum absolute atomic E-state index is 0.227. The molecule has 1 aromatic carbocycles. The smallest absolute Gasteiger partial charge is 0.339 e. The number of benzene rings is 1. The van der Waals surface area contributed by atoms with Crippen molar-refractivity contribution in [2.24, 2.45) is 0 Å². The molecule has 1 N–H and O–H groups in total. The van der Waals surface area contributed by atoms with E-state index in [0.29, 0.717) is 23.9 Å². The summed E-state index contributed by atoms with van der Waals surface area (Å²) in [5.74, 6) is 0.532. The number of ether oxygens (including phenoxy) is 3. The summed E-state index contributed by atoms with van der Waals surface area (Å²) in [6, 6.07) is 8.16. The summed E-state index contributed by atoms with van der Waals surface area (Å²) in [4.78, 5) is 24.2. The Labute approximate surface area is 145 Å². The van der Waals surface area contributed by atoms with Crippen molar-refractivity contribution >= 4 is 11.9 Å². The van der Waals surface area contributed by atoms with Crippen molar-refractivity contribution in [2.45, 2.75) is 26.5 Å². The fourth-order valence-electron chi connectivity index (χ4n) is 2.08. The van der Waals surface area contributed by atoms with E-state index in [1.54, 1.807) is 24.3 Å². The number of hydrogen-bond donors (Lipinski definition) is 1. The van der Waals surface area contributed by atoms with Crippen molar-refractivity contribution in [3.05, 3.63) is 47.9 Å². The summed E-state index contributed by atoms with van der Waals surface area (Å²) in [7, 11) is 1.48. The van der Waals surface area contributed by atoms with Gasteiger partial charge in [0.2, 0.25) is 0 Å². The number of rotatable bonds is 8. The second kappa shape index (κ2) is 8.77. The Kier molecular flexibility index (Phi) is 6.45. The van der Waals surface area contributed by atoms with Crippen molar-refractivity contribution in [3.63, 3.8) is 0 Å². The zero-order chi connectivity index (χ0) is 18.2. The van der Waals surface area contributed by atoms with Gasteiger partial charge in [0.1, 0.15) is 5.76 Å². The average molecular weight is 347 g/mol. The summed E-state index contributed by atoms with van der Waals surface area (Å²) in [6.07, 6.45) is 0.574. The first-order chi connectivity index (χ1) is 12.0. The van der Waals surface area contributed by atoms with Crippen LogP contribution in [0.5, 0.6) is 11.5 Å². The van der Waals surface area contributed by atoms with Gasteiger partial charge in [0.15, 0.2) is 17.6 Å². The van der Waals surface area contributed by atoms with E-state index in [-0.39, 0.29) is 12.1 Å². The molecule has 134 valence electrons. The van der Waals surface area contributed by atoms with E-state index in [4.69, 9.17) is 18.6 Å². The van der Waals surface area contributed by atoms with Gasteiger partial charge in [-0.2, -0.15) is 0 Å². The molecule has 0 aliphatic carbocycles. The normalized spacial score (nSPS) is 11.5. The highest BCUT2D eigenvalue weighted by Gasteiger charge is 2.20. The minimum Gasteiger partial charge on any atom is -0.493 e. The van der Waals surface area contributed by atoms with Gasteiger partial charge < -0.3 is 23.9 Å². The van der Waals surface area contributed by atoms with Crippen molar-refractivity contribution in [1.82, 2.24) is 5.32 Å². The first-order valence-corrected chi connectivity index (χ1v) is 7.87. The molecule has 1 aromatic heterocycles. The third kappa shape index (κ3) is 5.00. The highest BCUT2D eigenvalue weighted by molar-refractivity contribution is 5.92. The van der Waals surface area contributed by atoms with Gasteiger partial charge in [-0.25, -0.2) is 4.79 Å². The van der Waals surface area contributed by atoms with E-state index in [9.17, 15) is 9.59 Å². The van der Waals surface area contributed by atoms with Gasteiger partial charge in [0.05, 0.1) is 32.1 Å². The molecule has 0 saturated heterocycles. The molecule has 0 radical (unpaired) electrons. The summed E-state index contributed by atoms with van der Waals surface area (Å²) >= 11 is 0. The van der Waals surface area contributed by atoms with Gasteiger partial charge in [-0.05, 0) is 44.2 Å². The molecule has 0 bridgehead atoms. The Morgan fingerprint density at radius 3 is 2.68 bits per heavy atom. The predicted octanol–water partition coefficient (Wildman–Crippen LogP) is 2.55. The van der Waals surface area contributed by atoms with Crippen LogP contribution in [0.3, 0.4) is 0 Å². The van der Waals surface area contributed by atoms with E-state index in [2.05, 4.69) is 5.32 Å². The van der Waals surface area contributed by atoms with Crippen molar-refractivity contribution < 1.29 is 28.2 Å². The summed E-state index contributed by atoms with van der Waals surface area (Å²) in [5.41, 5.74) is 0.269. The molecular weight excluding hydrogens is 326 g/mol. The Bertz CT molecular complexity index is 710. The number of amides is 1. The molecule has 0 unspecified atom stereocenters. The number of hydrogen-bond acceptors (Lipinski definition) is 6. The van der Waals surface area contributed by atoms with Crippen molar-refractivity contribution in [2.75, 3.05) is 13.7 Å². The van der Waals surface area contributed by atoms with Crippen LogP contribution in [-0.2, 0) is 16.1 Å². The molecule has 1 heterocycles. The molecule has 0 aliphatic rings. The van der Waals surface area contributed by atoms with Crippen LogP contribution in [0.25, 0.3) is 0 Å². The Morgan fingerprint density at radius 1 is 1.24 bits per heavy atom. The Balaban J connectivity index is 1.94. The number of carbonyl (C=O) groups is 2. The fourth-order valence-corrected chi connectivity index (χ4v) is 2.08. The van der Waals surface area contributed by atoms with Gasteiger partial charge in [0, 0.05) is 0 Å². The number of nitrogens with one attached hydrogen (secondary N) is 1. The molecule has 1 amide bonds. The van der Waals surface area contributed by atoms with Crippen LogP contribution >= 0.6 is 0 Å². The third-order valence-electron chi connectivity index (χ3n) is 3.37. The van der Waals surface area contributed by atoms with Crippen LogP contribution in [0.4, 0.5) is 0 Å². The van der Waals surface area contributed by atoms with Crippen LogP contribution in [0.1, 0.15) is 30.0 Å². The van der Waals surface area contributed by atoms with E-state index in [0.717, 1.165) is 0 Å². The van der Waals surface area contributed by atoms with Crippen LogP contribution in [0.2, 0.25) is 0 Å². The molecule has 25 heavy (non-hydrogen) atoms. The zero-order valence-electron chi connectivity index (χ0n) is 14.4. The van der Waals surface area contributed by atoms with Crippen molar-refractivity contribution in [3.8, 4) is 11.5 Å². The molecule has 0 aliphatic heterocycles. The van der Waals surface area contributed by atoms with E-state index in [1.165, 1.54) is 26.4 Å². The van der Waals surface area contributed by atoms with Gasteiger partial charge in [-0.3, -0.25) is 4.79 Å². The second-order valence-corrected chi connectivity index (χ2v) is 5.14. The quantitative estimate of drug-likeness (QED) is 0.739. The number of methoxy groups -OCH3 is 1. The fraction of sp³-hybridized carbons (Fsp3) is 0.333. The summed E-state index contributed by atoms with van der Waals surface area (Å²) < 4.78 is 20.9. The lowest BCUT2D eigenvalue weighted by Crippen LogP contribution is -2.35. The molecular formula is C18H21NO6. The van der Waals surface area contributed by atoms with Gasteiger partial charge >= 0.3 is 5.97 Å². The SMILES string of the molecule is CCOc1ccc(C(=O)O[C@@H](C)C(=O)NCc2ccco2)cc1OC. The average Bonchev–Trinajstić information content (AvgIpc) is 3.13. The molecule has 2 aromatic rings. The standard InChI is InChI=1S/C18H21NO6/c1-4-23-15-8-7-13(10-16(15)22-3)18(21)25-12(2)17(20)19-11-14-6-5-9-24-14/h5-10,12H,4,11H2,1-3H3,(H,19,20)/t12-/m0/s1.